The number of benzene rings is 2. The van der Waals surface area contributed by atoms with Crippen molar-refractivity contribution in [2.75, 3.05) is 18.1 Å². The molecule has 0 saturated carbocycles. The van der Waals surface area contributed by atoms with Gasteiger partial charge in [0.1, 0.15) is 6.33 Å². The van der Waals surface area contributed by atoms with Crippen molar-refractivity contribution in [3.8, 4) is 0 Å². The summed E-state index contributed by atoms with van der Waals surface area (Å²) in [4.78, 5) is 26.9. The van der Waals surface area contributed by atoms with Crippen LogP contribution >= 0.6 is 0 Å². The molecule has 1 aliphatic heterocycles. The number of rotatable bonds is 6. The van der Waals surface area contributed by atoms with E-state index in [0.29, 0.717) is 13.0 Å². The van der Waals surface area contributed by atoms with Crippen LogP contribution in [0.2, 0.25) is 0 Å². The Hall–Kier alpha value is -3.55. The van der Waals surface area contributed by atoms with Crippen molar-refractivity contribution in [1.29, 1.82) is 0 Å². The van der Waals surface area contributed by atoms with Gasteiger partial charge in [-0.15, -0.1) is 5.10 Å². The number of hydrogen-bond acceptors (Lipinski definition) is 6. The van der Waals surface area contributed by atoms with Gasteiger partial charge >= 0.3 is 5.97 Å². The summed E-state index contributed by atoms with van der Waals surface area (Å²) >= 11 is 0. The van der Waals surface area contributed by atoms with Gasteiger partial charge in [0.15, 0.2) is 12.6 Å². The second kappa shape index (κ2) is 7.99. The third kappa shape index (κ3) is 3.75. The number of para-hydroxylation sites is 1. The molecule has 1 atom stereocenters. The Morgan fingerprint density at radius 1 is 1.07 bits per heavy atom. The number of fused-ring (bicyclic) bond motifs is 1. The molecule has 28 heavy (non-hydrogen) atoms. The van der Waals surface area contributed by atoms with Gasteiger partial charge in [0.25, 0.3) is 5.91 Å². The molecule has 8 nitrogen and oxygen atoms in total. The van der Waals surface area contributed by atoms with Gasteiger partial charge in [0.05, 0.1) is 0 Å². The fourth-order valence-electron chi connectivity index (χ4n) is 3.34. The molecule has 2 heterocycles. The smallest absolute Gasteiger partial charge is 0.331 e. The Balaban J connectivity index is 1.43. The monoisotopic (exact) mass is 377 g/mol. The van der Waals surface area contributed by atoms with E-state index >= 15 is 0 Å². The van der Waals surface area contributed by atoms with E-state index in [1.165, 1.54) is 11.0 Å². The van der Waals surface area contributed by atoms with Gasteiger partial charge in [-0.05, 0) is 34.0 Å². The fourth-order valence-corrected chi connectivity index (χ4v) is 3.34. The Kier molecular flexibility index (Phi) is 5.09. The van der Waals surface area contributed by atoms with Crippen molar-refractivity contribution in [2.45, 2.75) is 18.9 Å². The first-order valence-electron chi connectivity index (χ1n) is 9.03. The Morgan fingerprint density at radius 2 is 1.86 bits per heavy atom. The van der Waals surface area contributed by atoms with Crippen molar-refractivity contribution in [3.05, 3.63) is 72.1 Å². The third-order valence-electron chi connectivity index (χ3n) is 4.75. The lowest BCUT2D eigenvalue weighted by Gasteiger charge is -2.19. The number of aromatic nitrogens is 4. The lowest BCUT2D eigenvalue weighted by Crippen LogP contribution is -2.35. The van der Waals surface area contributed by atoms with Gasteiger partial charge in [-0.25, -0.2) is 9.48 Å². The maximum Gasteiger partial charge on any atom is 0.331 e. The van der Waals surface area contributed by atoms with Crippen molar-refractivity contribution in [2.24, 2.45) is 0 Å². The first kappa shape index (κ1) is 17.8. The number of carbonyl (C=O) groups excluding carboxylic acids is 2. The van der Waals surface area contributed by atoms with Crippen LogP contribution < -0.4 is 4.90 Å². The summed E-state index contributed by atoms with van der Waals surface area (Å²) in [5.74, 6) is -0.787. The molecular formula is C20H19N5O3. The van der Waals surface area contributed by atoms with E-state index in [9.17, 15) is 9.59 Å². The van der Waals surface area contributed by atoms with Crippen LogP contribution in [0.25, 0.3) is 0 Å². The highest BCUT2D eigenvalue weighted by Crippen LogP contribution is 2.27. The molecule has 0 spiro atoms. The number of nitrogens with zero attached hydrogens (tertiary/aromatic N) is 5. The van der Waals surface area contributed by atoms with Crippen LogP contribution in [0.15, 0.2) is 60.9 Å². The van der Waals surface area contributed by atoms with Gasteiger partial charge in [-0.3, -0.25) is 4.79 Å². The maximum atomic E-state index is 12.7. The highest BCUT2D eigenvalue weighted by molar-refractivity contribution is 5.97. The molecule has 1 aromatic heterocycles. The van der Waals surface area contributed by atoms with Gasteiger partial charge < -0.3 is 9.64 Å². The summed E-state index contributed by atoms with van der Waals surface area (Å²) < 4.78 is 6.70. The zero-order valence-electron chi connectivity index (χ0n) is 15.1. The average molecular weight is 377 g/mol. The van der Waals surface area contributed by atoms with E-state index < -0.39 is 12.0 Å². The predicted octanol–water partition coefficient (Wildman–Crippen LogP) is 1.59. The number of carbonyl (C=O) groups is 2. The normalized spacial score (nSPS) is 13.8. The molecule has 142 valence electrons. The molecule has 0 aliphatic carbocycles. The molecule has 3 aromatic rings. The standard InChI is InChI=1S/C20H19N5O3/c26-19(24-11-10-16-8-4-5-9-17(16)24)13-28-20(27)18(25-14-21-22-23-25)12-15-6-2-1-3-7-15/h1-9,14,18H,10-13H2/t18-/m1/s1. The second-order valence-electron chi connectivity index (χ2n) is 6.53. The van der Waals surface area contributed by atoms with Gasteiger partial charge in [-0.2, -0.15) is 0 Å². The molecule has 0 unspecified atom stereocenters. The Bertz CT molecular complexity index is 959. The number of esters is 1. The van der Waals surface area contributed by atoms with Crippen LogP contribution in [0.1, 0.15) is 17.2 Å². The maximum absolute atomic E-state index is 12.7. The Labute approximate surface area is 161 Å². The largest absolute Gasteiger partial charge is 0.454 e. The summed E-state index contributed by atoms with van der Waals surface area (Å²) in [6.45, 7) is 0.275. The quantitative estimate of drug-likeness (QED) is 0.606. The molecule has 0 N–H and O–H groups in total. The third-order valence-corrected chi connectivity index (χ3v) is 4.75. The zero-order valence-corrected chi connectivity index (χ0v) is 15.1. The zero-order chi connectivity index (χ0) is 19.3. The van der Waals surface area contributed by atoms with Crippen molar-refractivity contribution < 1.29 is 14.3 Å². The lowest BCUT2D eigenvalue weighted by atomic mass is 10.1. The van der Waals surface area contributed by atoms with Gasteiger partial charge in [0, 0.05) is 18.7 Å². The number of hydrogen-bond donors (Lipinski definition) is 0. The van der Waals surface area contributed by atoms with E-state index in [1.54, 1.807) is 4.90 Å². The van der Waals surface area contributed by atoms with Crippen molar-refractivity contribution in [3.63, 3.8) is 0 Å². The molecule has 0 fully saturated rings. The van der Waals surface area contributed by atoms with E-state index in [4.69, 9.17) is 4.74 Å². The van der Waals surface area contributed by atoms with Crippen LogP contribution in [0.5, 0.6) is 0 Å². The SMILES string of the molecule is O=C(OCC(=O)N1CCc2ccccc21)[C@@H](Cc1ccccc1)n1cnnn1. The number of ether oxygens (including phenoxy) is 1. The lowest BCUT2D eigenvalue weighted by molar-refractivity contribution is -0.151. The van der Waals surface area contributed by atoms with Gasteiger partial charge in [-0.1, -0.05) is 48.5 Å². The average Bonchev–Trinajstić information content (AvgIpc) is 3.41. The minimum atomic E-state index is -0.740. The highest BCUT2D eigenvalue weighted by Gasteiger charge is 2.28. The van der Waals surface area contributed by atoms with E-state index in [1.807, 2.05) is 54.6 Å². The van der Waals surface area contributed by atoms with E-state index in [-0.39, 0.29) is 12.5 Å². The highest BCUT2D eigenvalue weighted by atomic mass is 16.5. The number of tetrazole rings is 1. The molecule has 1 aliphatic rings. The molecule has 2 aromatic carbocycles. The summed E-state index contributed by atoms with van der Waals surface area (Å²) in [7, 11) is 0. The van der Waals surface area contributed by atoms with Crippen LogP contribution in [0, 0.1) is 0 Å². The van der Waals surface area contributed by atoms with E-state index in [2.05, 4.69) is 15.5 Å². The van der Waals surface area contributed by atoms with E-state index in [0.717, 1.165) is 23.2 Å². The molecule has 0 saturated heterocycles. The number of anilines is 1. The minimum absolute atomic E-state index is 0.242. The molecular weight excluding hydrogens is 358 g/mol. The Morgan fingerprint density at radius 3 is 2.64 bits per heavy atom. The summed E-state index contributed by atoms with van der Waals surface area (Å²) in [6.07, 6.45) is 2.54. The van der Waals surface area contributed by atoms with Crippen molar-refractivity contribution in [1.82, 2.24) is 20.2 Å². The van der Waals surface area contributed by atoms with Gasteiger partial charge in [0.2, 0.25) is 0 Å². The minimum Gasteiger partial charge on any atom is -0.454 e. The predicted molar refractivity (Wildman–Crippen MR) is 100 cm³/mol. The number of amides is 1. The first-order valence-corrected chi connectivity index (χ1v) is 9.03. The van der Waals surface area contributed by atoms with Crippen LogP contribution in [-0.2, 0) is 27.2 Å². The molecule has 0 bridgehead atoms. The van der Waals surface area contributed by atoms with Crippen LogP contribution in [-0.4, -0.2) is 45.2 Å². The van der Waals surface area contributed by atoms with Crippen LogP contribution in [0.3, 0.4) is 0 Å². The fraction of sp³-hybridized carbons (Fsp3) is 0.250. The molecule has 0 radical (unpaired) electrons. The second-order valence-corrected chi connectivity index (χ2v) is 6.53. The summed E-state index contributed by atoms with van der Waals surface area (Å²) in [5, 5.41) is 11.0. The topological polar surface area (TPSA) is 90.2 Å². The molecule has 4 rings (SSSR count). The van der Waals surface area contributed by atoms with Crippen LogP contribution in [0.4, 0.5) is 5.69 Å². The summed E-state index contributed by atoms with van der Waals surface area (Å²) in [6, 6.07) is 16.5. The molecule has 1 amide bonds. The first-order chi connectivity index (χ1) is 13.7. The summed E-state index contributed by atoms with van der Waals surface area (Å²) in [5.41, 5.74) is 2.95. The van der Waals surface area contributed by atoms with Crippen molar-refractivity contribution >= 4 is 17.6 Å². The molecule has 8 heteroatoms.